The van der Waals surface area contributed by atoms with Crippen LogP contribution >= 0.6 is 0 Å². The third-order valence-electron chi connectivity index (χ3n) is 3.67. The highest BCUT2D eigenvalue weighted by molar-refractivity contribution is 5.81. The molecule has 1 N–H and O–H groups in total. The Morgan fingerprint density at radius 1 is 1.33 bits per heavy atom. The van der Waals surface area contributed by atoms with Gasteiger partial charge < -0.3 is 10.1 Å². The number of nitrogens with one attached hydrogen (secondary N) is 1. The van der Waals surface area contributed by atoms with Crippen LogP contribution in [0.25, 0.3) is 0 Å². The van der Waals surface area contributed by atoms with Crippen LogP contribution in [0, 0.1) is 11.8 Å². The predicted octanol–water partition coefficient (Wildman–Crippen LogP) is 2.91. The first-order valence-electron chi connectivity index (χ1n) is 7.26. The summed E-state index contributed by atoms with van der Waals surface area (Å²) >= 11 is 0. The zero-order valence-electron chi connectivity index (χ0n) is 11.8. The average molecular weight is 253 g/mol. The molecule has 0 spiro atoms. The summed E-state index contributed by atoms with van der Waals surface area (Å²) in [6.45, 7) is 6.41. The van der Waals surface area contributed by atoms with Crippen molar-refractivity contribution >= 4 is 5.97 Å². The van der Waals surface area contributed by atoms with E-state index in [9.17, 15) is 4.79 Å². The molecule has 0 aromatic heterocycles. The fraction of sp³-hybridized carbons (Fsp3) is 0.800. The molecule has 1 saturated carbocycles. The van der Waals surface area contributed by atoms with E-state index in [1.165, 1.54) is 38.2 Å². The lowest BCUT2D eigenvalue weighted by Gasteiger charge is -2.26. The topological polar surface area (TPSA) is 38.3 Å². The van der Waals surface area contributed by atoms with Crippen molar-refractivity contribution < 1.29 is 9.53 Å². The summed E-state index contributed by atoms with van der Waals surface area (Å²) in [6.07, 6.45) is 10.2. The Kier molecular flexibility index (Phi) is 7.74. The summed E-state index contributed by atoms with van der Waals surface area (Å²) in [5.41, 5.74) is 0. The van der Waals surface area contributed by atoms with E-state index in [1.807, 2.05) is 13.0 Å². The molecule has 1 rings (SSSR count). The van der Waals surface area contributed by atoms with Crippen molar-refractivity contribution in [2.24, 2.45) is 11.8 Å². The van der Waals surface area contributed by atoms with E-state index in [0.29, 0.717) is 6.61 Å². The summed E-state index contributed by atoms with van der Waals surface area (Å²) in [6, 6.07) is 0. The molecule has 104 valence electrons. The van der Waals surface area contributed by atoms with Crippen LogP contribution in [0.5, 0.6) is 0 Å². The van der Waals surface area contributed by atoms with Gasteiger partial charge in [0, 0.05) is 12.6 Å². The third-order valence-corrected chi connectivity index (χ3v) is 3.67. The van der Waals surface area contributed by atoms with E-state index in [1.54, 1.807) is 0 Å². The van der Waals surface area contributed by atoms with Gasteiger partial charge in [-0.2, -0.15) is 0 Å². The number of carbonyl (C=O) groups excluding carboxylic acids is 1. The van der Waals surface area contributed by atoms with Crippen molar-refractivity contribution in [3.8, 4) is 0 Å². The zero-order valence-corrected chi connectivity index (χ0v) is 11.8. The fourth-order valence-corrected chi connectivity index (χ4v) is 2.45. The highest BCUT2D eigenvalue weighted by atomic mass is 16.5. The molecule has 0 radical (unpaired) electrons. The largest absolute Gasteiger partial charge is 0.463 e. The summed E-state index contributed by atoms with van der Waals surface area (Å²) in [7, 11) is 0. The maximum absolute atomic E-state index is 11.0. The minimum atomic E-state index is -0.249. The van der Waals surface area contributed by atoms with Crippen molar-refractivity contribution in [2.75, 3.05) is 19.7 Å². The highest BCUT2D eigenvalue weighted by Gasteiger charge is 2.17. The Labute approximate surface area is 111 Å². The predicted molar refractivity (Wildman–Crippen MR) is 74.4 cm³/mol. The lowest BCUT2D eigenvalue weighted by Crippen LogP contribution is -2.21. The normalized spacial score (nSPS) is 24.3. The molecule has 0 saturated heterocycles. The van der Waals surface area contributed by atoms with Crippen LogP contribution in [0.15, 0.2) is 12.2 Å². The van der Waals surface area contributed by atoms with E-state index in [-0.39, 0.29) is 5.97 Å². The first-order chi connectivity index (χ1) is 8.72. The number of hydrogen-bond donors (Lipinski definition) is 1. The van der Waals surface area contributed by atoms with E-state index in [4.69, 9.17) is 4.74 Å². The standard InChI is InChI=1S/C15H27NO2/c1-3-18-15(17)5-4-11-16-12-10-14-8-6-13(2)7-9-14/h4-5,13-14,16H,3,6-12H2,1-2H3/b5-4+. The lowest BCUT2D eigenvalue weighted by molar-refractivity contribution is -0.137. The molecule has 0 atom stereocenters. The number of ether oxygens (including phenoxy) is 1. The second kappa shape index (κ2) is 9.15. The van der Waals surface area contributed by atoms with Gasteiger partial charge >= 0.3 is 5.97 Å². The quantitative estimate of drug-likeness (QED) is 0.431. The van der Waals surface area contributed by atoms with Gasteiger partial charge in [-0.3, -0.25) is 0 Å². The van der Waals surface area contributed by atoms with Crippen molar-refractivity contribution in [3.63, 3.8) is 0 Å². The number of hydrogen-bond acceptors (Lipinski definition) is 3. The second-order valence-electron chi connectivity index (χ2n) is 5.27. The van der Waals surface area contributed by atoms with Crippen molar-refractivity contribution in [1.82, 2.24) is 5.32 Å². The first kappa shape index (κ1) is 15.2. The minimum absolute atomic E-state index is 0.249. The number of esters is 1. The molecule has 18 heavy (non-hydrogen) atoms. The molecular weight excluding hydrogens is 226 g/mol. The second-order valence-corrected chi connectivity index (χ2v) is 5.27. The summed E-state index contributed by atoms with van der Waals surface area (Å²) in [5, 5.41) is 3.35. The van der Waals surface area contributed by atoms with Gasteiger partial charge in [-0.1, -0.05) is 38.7 Å². The van der Waals surface area contributed by atoms with Gasteiger partial charge in [-0.15, -0.1) is 0 Å². The van der Waals surface area contributed by atoms with Gasteiger partial charge in [0.2, 0.25) is 0 Å². The Hall–Kier alpha value is -0.830. The van der Waals surface area contributed by atoms with Gasteiger partial charge in [-0.05, 0) is 31.7 Å². The molecule has 1 aliphatic carbocycles. The Morgan fingerprint density at radius 2 is 2.06 bits per heavy atom. The molecule has 0 heterocycles. The van der Waals surface area contributed by atoms with Gasteiger partial charge in [0.1, 0.15) is 0 Å². The van der Waals surface area contributed by atoms with Crippen LogP contribution in [0.2, 0.25) is 0 Å². The van der Waals surface area contributed by atoms with Crippen molar-refractivity contribution in [2.45, 2.75) is 46.0 Å². The highest BCUT2D eigenvalue weighted by Crippen LogP contribution is 2.29. The molecule has 0 aromatic rings. The fourth-order valence-electron chi connectivity index (χ4n) is 2.45. The van der Waals surface area contributed by atoms with Crippen LogP contribution < -0.4 is 5.32 Å². The Bertz CT molecular complexity index is 255. The monoisotopic (exact) mass is 253 g/mol. The summed E-state index contributed by atoms with van der Waals surface area (Å²) < 4.78 is 4.80. The zero-order chi connectivity index (χ0) is 13.2. The van der Waals surface area contributed by atoms with Gasteiger partial charge in [0.15, 0.2) is 0 Å². The van der Waals surface area contributed by atoms with E-state index >= 15 is 0 Å². The van der Waals surface area contributed by atoms with E-state index in [0.717, 1.165) is 24.9 Å². The molecule has 0 unspecified atom stereocenters. The molecule has 1 fully saturated rings. The van der Waals surface area contributed by atoms with Gasteiger partial charge in [0.25, 0.3) is 0 Å². The van der Waals surface area contributed by atoms with Crippen LogP contribution in [-0.4, -0.2) is 25.7 Å². The molecular formula is C15H27NO2. The van der Waals surface area contributed by atoms with Crippen LogP contribution in [0.4, 0.5) is 0 Å². The SMILES string of the molecule is CCOC(=O)/C=C/CNCCC1CCC(C)CC1. The van der Waals surface area contributed by atoms with Crippen LogP contribution in [-0.2, 0) is 9.53 Å². The van der Waals surface area contributed by atoms with Gasteiger partial charge in [-0.25, -0.2) is 4.79 Å². The molecule has 3 nitrogen and oxygen atoms in total. The smallest absolute Gasteiger partial charge is 0.330 e. The molecule has 0 bridgehead atoms. The van der Waals surface area contributed by atoms with Crippen molar-refractivity contribution in [3.05, 3.63) is 12.2 Å². The molecule has 0 amide bonds. The van der Waals surface area contributed by atoms with Crippen LogP contribution in [0.3, 0.4) is 0 Å². The minimum Gasteiger partial charge on any atom is -0.463 e. The first-order valence-corrected chi connectivity index (χ1v) is 7.26. The Morgan fingerprint density at radius 3 is 2.72 bits per heavy atom. The summed E-state index contributed by atoms with van der Waals surface area (Å²) in [5.74, 6) is 1.59. The van der Waals surface area contributed by atoms with Crippen LogP contribution in [0.1, 0.15) is 46.0 Å². The molecule has 0 aromatic carbocycles. The van der Waals surface area contributed by atoms with E-state index in [2.05, 4.69) is 12.2 Å². The van der Waals surface area contributed by atoms with Crippen molar-refractivity contribution in [1.29, 1.82) is 0 Å². The van der Waals surface area contributed by atoms with E-state index < -0.39 is 0 Å². The average Bonchev–Trinajstić information content (AvgIpc) is 2.36. The third kappa shape index (κ3) is 6.80. The maximum atomic E-state index is 11.0. The van der Waals surface area contributed by atoms with Gasteiger partial charge in [0.05, 0.1) is 6.61 Å². The molecule has 1 aliphatic rings. The number of rotatable bonds is 7. The lowest BCUT2D eigenvalue weighted by atomic mass is 9.81. The maximum Gasteiger partial charge on any atom is 0.330 e. The summed E-state index contributed by atoms with van der Waals surface area (Å²) in [4.78, 5) is 11.0. The molecule has 0 aliphatic heterocycles. The number of carbonyl (C=O) groups is 1. The molecule has 3 heteroatoms. The Balaban J connectivity index is 1.97.